The van der Waals surface area contributed by atoms with E-state index in [1.54, 1.807) is 17.2 Å². The second kappa shape index (κ2) is 7.40. The molecular formula is C17H17BrClN3O2. The van der Waals surface area contributed by atoms with Gasteiger partial charge in [-0.1, -0.05) is 17.7 Å². The minimum atomic E-state index is -0.177. The van der Waals surface area contributed by atoms with Crippen molar-refractivity contribution in [1.29, 1.82) is 0 Å². The number of piperazine rings is 1. The second-order valence-electron chi connectivity index (χ2n) is 5.66. The average Bonchev–Trinajstić information content (AvgIpc) is 2.58. The number of hydrogen-bond donors (Lipinski definition) is 0. The SMILES string of the molecule is O=C(Cn1cc(Br)ccc1=O)N1CCN(c2cccc(Cl)c2)CC1. The number of nitrogens with zero attached hydrogens (tertiary/aromatic N) is 3. The quantitative estimate of drug-likeness (QED) is 0.781. The van der Waals surface area contributed by atoms with E-state index in [4.69, 9.17) is 11.6 Å². The van der Waals surface area contributed by atoms with E-state index < -0.39 is 0 Å². The summed E-state index contributed by atoms with van der Waals surface area (Å²) in [4.78, 5) is 28.3. The van der Waals surface area contributed by atoms with Gasteiger partial charge in [-0.25, -0.2) is 0 Å². The maximum Gasteiger partial charge on any atom is 0.251 e. The standard InChI is InChI=1S/C17H17BrClN3O2/c18-13-4-5-16(23)22(11-13)12-17(24)21-8-6-20(7-9-21)15-3-1-2-14(19)10-15/h1-5,10-11H,6-9,12H2. The highest BCUT2D eigenvalue weighted by molar-refractivity contribution is 9.10. The van der Waals surface area contributed by atoms with Crippen molar-refractivity contribution in [3.8, 4) is 0 Å². The van der Waals surface area contributed by atoms with Crippen molar-refractivity contribution in [1.82, 2.24) is 9.47 Å². The Morgan fingerprint density at radius 3 is 2.58 bits per heavy atom. The number of rotatable bonds is 3. The first-order valence-electron chi connectivity index (χ1n) is 7.67. The van der Waals surface area contributed by atoms with Crippen LogP contribution in [0.4, 0.5) is 5.69 Å². The van der Waals surface area contributed by atoms with Crippen molar-refractivity contribution in [2.45, 2.75) is 6.54 Å². The smallest absolute Gasteiger partial charge is 0.251 e. The van der Waals surface area contributed by atoms with Crippen molar-refractivity contribution in [2.24, 2.45) is 0 Å². The van der Waals surface area contributed by atoms with Crippen LogP contribution >= 0.6 is 27.5 Å². The van der Waals surface area contributed by atoms with E-state index in [-0.39, 0.29) is 18.0 Å². The minimum absolute atomic E-state index is 0.0408. The Labute approximate surface area is 153 Å². The van der Waals surface area contributed by atoms with Crippen molar-refractivity contribution in [3.05, 3.63) is 62.4 Å². The number of carbonyl (C=O) groups excluding carboxylic acids is 1. The molecule has 7 heteroatoms. The highest BCUT2D eigenvalue weighted by Gasteiger charge is 2.21. The average molecular weight is 411 g/mol. The number of pyridine rings is 1. The zero-order valence-corrected chi connectivity index (χ0v) is 15.3. The molecule has 0 radical (unpaired) electrons. The minimum Gasteiger partial charge on any atom is -0.368 e. The van der Waals surface area contributed by atoms with Crippen molar-refractivity contribution < 1.29 is 4.79 Å². The predicted molar refractivity (Wildman–Crippen MR) is 98.6 cm³/mol. The van der Waals surface area contributed by atoms with E-state index in [1.807, 2.05) is 24.3 Å². The van der Waals surface area contributed by atoms with Gasteiger partial charge in [-0.2, -0.15) is 0 Å². The Morgan fingerprint density at radius 1 is 1.12 bits per heavy atom. The molecule has 0 aliphatic carbocycles. The van der Waals surface area contributed by atoms with Gasteiger partial charge >= 0.3 is 0 Å². The molecule has 24 heavy (non-hydrogen) atoms. The second-order valence-corrected chi connectivity index (χ2v) is 7.01. The highest BCUT2D eigenvalue weighted by Crippen LogP contribution is 2.20. The zero-order valence-electron chi connectivity index (χ0n) is 13.0. The lowest BCUT2D eigenvalue weighted by molar-refractivity contribution is -0.132. The summed E-state index contributed by atoms with van der Waals surface area (Å²) in [6, 6.07) is 10.8. The molecule has 0 atom stereocenters. The molecule has 1 aliphatic rings. The van der Waals surface area contributed by atoms with Crippen LogP contribution in [-0.2, 0) is 11.3 Å². The number of carbonyl (C=O) groups is 1. The first-order valence-corrected chi connectivity index (χ1v) is 8.84. The molecule has 0 bridgehead atoms. The number of aromatic nitrogens is 1. The fourth-order valence-electron chi connectivity index (χ4n) is 2.76. The van der Waals surface area contributed by atoms with Crippen LogP contribution in [0.5, 0.6) is 0 Å². The van der Waals surface area contributed by atoms with Gasteiger partial charge in [-0.3, -0.25) is 9.59 Å². The largest absolute Gasteiger partial charge is 0.368 e. The van der Waals surface area contributed by atoms with Gasteiger partial charge in [0.1, 0.15) is 6.54 Å². The van der Waals surface area contributed by atoms with E-state index in [9.17, 15) is 9.59 Å². The number of anilines is 1. The fraction of sp³-hybridized carbons (Fsp3) is 0.294. The molecule has 0 saturated carbocycles. The van der Waals surface area contributed by atoms with Crippen molar-refractivity contribution in [3.63, 3.8) is 0 Å². The lowest BCUT2D eigenvalue weighted by Gasteiger charge is -2.36. The first kappa shape index (κ1) is 17.0. The third-order valence-corrected chi connectivity index (χ3v) is 4.76. The molecule has 0 N–H and O–H groups in total. The van der Waals surface area contributed by atoms with Crippen LogP contribution in [0.3, 0.4) is 0 Å². The molecule has 1 amide bonds. The number of halogens is 2. The molecule has 1 aromatic carbocycles. The third kappa shape index (κ3) is 3.99. The topological polar surface area (TPSA) is 45.6 Å². The molecule has 1 saturated heterocycles. The summed E-state index contributed by atoms with van der Waals surface area (Å²) in [7, 11) is 0. The maximum atomic E-state index is 12.4. The zero-order chi connectivity index (χ0) is 17.1. The molecule has 1 aliphatic heterocycles. The normalized spacial score (nSPS) is 14.8. The van der Waals surface area contributed by atoms with Crippen LogP contribution in [0.2, 0.25) is 5.02 Å². The Hall–Kier alpha value is -1.79. The van der Waals surface area contributed by atoms with E-state index in [0.717, 1.165) is 23.2 Å². The Bertz CT molecular complexity index is 800. The van der Waals surface area contributed by atoms with E-state index in [2.05, 4.69) is 20.8 Å². The molecule has 5 nitrogen and oxygen atoms in total. The summed E-state index contributed by atoms with van der Waals surface area (Å²) in [5, 5.41) is 0.708. The van der Waals surface area contributed by atoms with Crippen molar-refractivity contribution in [2.75, 3.05) is 31.1 Å². The Kier molecular flexibility index (Phi) is 5.26. The van der Waals surface area contributed by atoms with Gasteiger partial charge in [0.15, 0.2) is 0 Å². The maximum absolute atomic E-state index is 12.4. The lowest BCUT2D eigenvalue weighted by Crippen LogP contribution is -2.50. The molecule has 0 spiro atoms. The monoisotopic (exact) mass is 409 g/mol. The molecule has 3 rings (SSSR count). The highest BCUT2D eigenvalue weighted by atomic mass is 79.9. The van der Waals surface area contributed by atoms with Gasteiger partial charge in [-0.15, -0.1) is 0 Å². The van der Waals surface area contributed by atoms with Crippen LogP contribution in [0.15, 0.2) is 51.9 Å². The fourth-order valence-corrected chi connectivity index (χ4v) is 3.32. The van der Waals surface area contributed by atoms with Crippen LogP contribution in [0, 0.1) is 0 Å². The molecule has 1 fully saturated rings. The number of hydrogen-bond acceptors (Lipinski definition) is 3. The van der Waals surface area contributed by atoms with Gasteiger partial charge in [0.25, 0.3) is 5.56 Å². The van der Waals surface area contributed by atoms with Gasteiger partial charge in [0.05, 0.1) is 0 Å². The summed E-state index contributed by atoms with van der Waals surface area (Å²) < 4.78 is 2.20. The molecule has 2 heterocycles. The Balaban J connectivity index is 1.61. The molecule has 126 valence electrons. The molecule has 1 aromatic heterocycles. The van der Waals surface area contributed by atoms with Crippen LogP contribution in [0.25, 0.3) is 0 Å². The predicted octanol–water partition coefficient (Wildman–Crippen LogP) is 2.61. The van der Waals surface area contributed by atoms with Crippen LogP contribution in [-0.4, -0.2) is 41.6 Å². The summed E-state index contributed by atoms with van der Waals surface area (Å²) in [5.74, 6) is -0.0408. The summed E-state index contributed by atoms with van der Waals surface area (Å²) in [6.45, 7) is 2.83. The third-order valence-electron chi connectivity index (χ3n) is 4.06. The van der Waals surface area contributed by atoms with Crippen LogP contribution < -0.4 is 10.5 Å². The summed E-state index contributed by atoms with van der Waals surface area (Å²) >= 11 is 9.35. The first-order chi connectivity index (χ1) is 11.5. The van der Waals surface area contributed by atoms with Gasteiger partial charge < -0.3 is 14.4 Å². The summed E-state index contributed by atoms with van der Waals surface area (Å²) in [6.07, 6.45) is 1.64. The molecular weight excluding hydrogens is 394 g/mol. The Morgan fingerprint density at radius 2 is 1.88 bits per heavy atom. The van der Waals surface area contributed by atoms with Gasteiger partial charge in [-0.05, 0) is 40.2 Å². The van der Waals surface area contributed by atoms with Gasteiger partial charge in [0.2, 0.25) is 5.91 Å². The number of amides is 1. The lowest BCUT2D eigenvalue weighted by atomic mass is 10.2. The molecule has 0 unspecified atom stereocenters. The van der Waals surface area contributed by atoms with E-state index in [0.29, 0.717) is 18.1 Å². The summed E-state index contributed by atoms with van der Waals surface area (Å²) in [5.41, 5.74) is 0.891. The van der Waals surface area contributed by atoms with E-state index in [1.165, 1.54) is 10.6 Å². The van der Waals surface area contributed by atoms with Gasteiger partial charge in [0, 0.05) is 53.6 Å². The van der Waals surface area contributed by atoms with Crippen LogP contribution in [0.1, 0.15) is 0 Å². The van der Waals surface area contributed by atoms with Crippen molar-refractivity contribution >= 4 is 39.1 Å². The number of benzene rings is 1. The van der Waals surface area contributed by atoms with E-state index >= 15 is 0 Å². The molecule has 2 aromatic rings.